The van der Waals surface area contributed by atoms with E-state index in [2.05, 4.69) is 25.0 Å². The van der Waals surface area contributed by atoms with Crippen molar-refractivity contribution in [1.29, 1.82) is 0 Å². The Balaban J connectivity index is 2.67. The fourth-order valence-corrected chi connectivity index (χ4v) is 2.60. The van der Waals surface area contributed by atoms with Crippen LogP contribution in [0.25, 0.3) is 10.2 Å². The second kappa shape index (κ2) is 3.37. The summed E-state index contributed by atoms with van der Waals surface area (Å²) in [5, 5.41) is 5.78. The lowest BCUT2D eigenvalue weighted by molar-refractivity contribution is 0.731. The standard InChI is InChI=1S/C10H15N3S/c1-6(2)9-8-4-7(5-11)14-10(8)13(3)12-9/h4,6H,5,11H2,1-3H3. The number of thiophene rings is 1. The van der Waals surface area contributed by atoms with Gasteiger partial charge in [0.25, 0.3) is 0 Å². The van der Waals surface area contributed by atoms with Gasteiger partial charge in [0.2, 0.25) is 0 Å². The van der Waals surface area contributed by atoms with Crippen molar-refractivity contribution in [3.05, 3.63) is 16.6 Å². The van der Waals surface area contributed by atoms with E-state index in [4.69, 9.17) is 5.73 Å². The first-order chi connectivity index (χ1) is 6.63. The van der Waals surface area contributed by atoms with Gasteiger partial charge in [-0.2, -0.15) is 5.10 Å². The summed E-state index contributed by atoms with van der Waals surface area (Å²) in [7, 11) is 1.99. The maximum Gasteiger partial charge on any atom is 0.121 e. The van der Waals surface area contributed by atoms with E-state index in [0.29, 0.717) is 12.5 Å². The van der Waals surface area contributed by atoms with Crippen LogP contribution in [-0.2, 0) is 13.6 Å². The topological polar surface area (TPSA) is 43.8 Å². The summed E-state index contributed by atoms with van der Waals surface area (Å²) in [6.45, 7) is 4.96. The van der Waals surface area contributed by atoms with Crippen LogP contribution in [0.3, 0.4) is 0 Å². The first-order valence-corrected chi connectivity index (χ1v) is 5.60. The zero-order valence-electron chi connectivity index (χ0n) is 8.74. The predicted molar refractivity (Wildman–Crippen MR) is 60.6 cm³/mol. The Kier molecular flexibility index (Phi) is 2.33. The van der Waals surface area contributed by atoms with Crippen molar-refractivity contribution in [2.45, 2.75) is 26.3 Å². The molecule has 3 nitrogen and oxygen atoms in total. The van der Waals surface area contributed by atoms with Crippen molar-refractivity contribution in [2.75, 3.05) is 0 Å². The molecule has 0 saturated carbocycles. The van der Waals surface area contributed by atoms with Crippen molar-refractivity contribution in [1.82, 2.24) is 9.78 Å². The minimum absolute atomic E-state index is 0.471. The van der Waals surface area contributed by atoms with Crippen molar-refractivity contribution in [3.8, 4) is 0 Å². The molecule has 0 unspecified atom stereocenters. The Morgan fingerprint density at radius 1 is 1.57 bits per heavy atom. The second-order valence-corrected chi connectivity index (χ2v) is 4.91. The molecule has 76 valence electrons. The number of aryl methyl sites for hydroxylation is 1. The molecule has 0 fully saturated rings. The van der Waals surface area contributed by atoms with Gasteiger partial charge in [0.05, 0.1) is 5.69 Å². The minimum Gasteiger partial charge on any atom is -0.326 e. The van der Waals surface area contributed by atoms with Gasteiger partial charge in [-0.15, -0.1) is 11.3 Å². The summed E-state index contributed by atoms with van der Waals surface area (Å²) in [6.07, 6.45) is 0. The molecule has 2 heterocycles. The van der Waals surface area contributed by atoms with E-state index in [1.807, 2.05) is 11.7 Å². The summed E-state index contributed by atoms with van der Waals surface area (Å²) >= 11 is 1.74. The van der Waals surface area contributed by atoms with E-state index in [0.717, 1.165) is 0 Å². The SMILES string of the molecule is CC(C)c1nn(C)c2sc(CN)cc12. The Bertz CT molecular complexity index is 453. The Morgan fingerprint density at radius 3 is 2.86 bits per heavy atom. The molecular formula is C10H15N3S. The van der Waals surface area contributed by atoms with Crippen LogP contribution in [0, 0.1) is 0 Å². The molecule has 0 aromatic carbocycles. The molecule has 2 rings (SSSR count). The Labute approximate surface area is 87.5 Å². The van der Waals surface area contributed by atoms with Gasteiger partial charge in [-0.05, 0) is 12.0 Å². The van der Waals surface area contributed by atoms with E-state index >= 15 is 0 Å². The van der Waals surface area contributed by atoms with Gasteiger partial charge < -0.3 is 5.73 Å². The lowest BCUT2D eigenvalue weighted by Crippen LogP contribution is -1.95. The van der Waals surface area contributed by atoms with Crippen LogP contribution < -0.4 is 5.73 Å². The summed E-state index contributed by atoms with van der Waals surface area (Å²) in [6, 6.07) is 2.17. The summed E-state index contributed by atoms with van der Waals surface area (Å²) < 4.78 is 1.95. The van der Waals surface area contributed by atoms with E-state index in [1.54, 1.807) is 11.3 Å². The highest BCUT2D eigenvalue weighted by Gasteiger charge is 2.14. The molecule has 0 atom stereocenters. The zero-order valence-corrected chi connectivity index (χ0v) is 9.56. The van der Waals surface area contributed by atoms with Gasteiger partial charge in [-0.25, -0.2) is 0 Å². The van der Waals surface area contributed by atoms with Gasteiger partial charge in [0.1, 0.15) is 4.83 Å². The molecule has 2 aromatic rings. The van der Waals surface area contributed by atoms with Crippen molar-refractivity contribution < 1.29 is 0 Å². The maximum atomic E-state index is 5.63. The van der Waals surface area contributed by atoms with E-state index < -0.39 is 0 Å². The maximum absolute atomic E-state index is 5.63. The summed E-state index contributed by atoms with van der Waals surface area (Å²) in [4.78, 5) is 2.46. The lowest BCUT2D eigenvalue weighted by Gasteiger charge is -1.98. The average Bonchev–Trinajstić information content (AvgIpc) is 2.66. The van der Waals surface area contributed by atoms with Gasteiger partial charge in [-0.3, -0.25) is 4.68 Å². The number of rotatable bonds is 2. The largest absolute Gasteiger partial charge is 0.326 e. The van der Waals surface area contributed by atoms with E-state index in [9.17, 15) is 0 Å². The Morgan fingerprint density at radius 2 is 2.29 bits per heavy atom. The van der Waals surface area contributed by atoms with Crippen LogP contribution in [0.4, 0.5) is 0 Å². The summed E-state index contributed by atoms with van der Waals surface area (Å²) in [5.41, 5.74) is 6.81. The molecule has 14 heavy (non-hydrogen) atoms. The number of aromatic nitrogens is 2. The predicted octanol–water partition coefficient (Wildman–Crippen LogP) is 2.22. The van der Waals surface area contributed by atoms with Crippen molar-refractivity contribution in [3.63, 3.8) is 0 Å². The Hall–Kier alpha value is -0.870. The fraction of sp³-hybridized carbons (Fsp3) is 0.500. The van der Waals surface area contributed by atoms with Crippen molar-refractivity contribution >= 4 is 21.6 Å². The normalized spacial score (nSPS) is 11.8. The third-order valence-electron chi connectivity index (χ3n) is 2.34. The molecule has 4 heteroatoms. The highest BCUT2D eigenvalue weighted by Crippen LogP contribution is 2.31. The fourth-order valence-electron chi connectivity index (χ4n) is 1.64. The van der Waals surface area contributed by atoms with Gasteiger partial charge in [0, 0.05) is 23.9 Å². The molecule has 0 aliphatic heterocycles. The molecule has 0 radical (unpaired) electrons. The van der Waals surface area contributed by atoms with E-state index in [-0.39, 0.29) is 0 Å². The third kappa shape index (κ3) is 1.35. The quantitative estimate of drug-likeness (QED) is 0.824. The molecule has 0 saturated heterocycles. The molecule has 0 aliphatic rings. The molecule has 2 aromatic heterocycles. The van der Waals surface area contributed by atoms with Gasteiger partial charge in [0.15, 0.2) is 0 Å². The first-order valence-electron chi connectivity index (χ1n) is 4.79. The molecule has 0 bridgehead atoms. The van der Waals surface area contributed by atoms with Crippen LogP contribution in [0.1, 0.15) is 30.3 Å². The molecule has 0 spiro atoms. The summed E-state index contributed by atoms with van der Waals surface area (Å²) in [5.74, 6) is 0.471. The monoisotopic (exact) mass is 209 g/mol. The number of nitrogens with zero attached hydrogens (tertiary/aromatic N) is 2. The van der Waals surface area contributed by atoms with E-state index in [1.165, 1.54) is 20.8 Å². The van der Waals surface area contributed by atoms with Crippen molar-refractivity contribution in [2.24, 2.45) is 12.8 Å². The molecular weight excluding hydrogens is 194 g/mol. The van der Waals surface area contributed by atoms with Crippen LogP contribution in [0.15, 0.2) is 6.07 Å². The minimum atomic E-state index is 0.471. The molecule has 2 N–H and O–H groups in total. The van der Waals surface area contributed by atoms with Crippen LogP contribution in [0.5, 0.6) is 0 Å². The highest BCUT2D eigenvalue weighted by atomic mass is 32.1. The number of nitrogens with two attached hydrogens (primary N) is 1. The average molecular weight is 209 g/mol. The lowest BCUT2D eigenvalue weighted by atomic mass is 10.1. The number of fused-ring (bicyclic) bond motifs is 1. The van der Waals surface area contributed by atoms with Crippen LogP contribution in [0.2, 0.25) is 0 Å². The second-order valence-electron chi connectivity index (χ2n) is 3.80. The van der Waals surface area contributed by atoms with Gasteiger partial charge >= 0.3 is 0 Å². The first kappa shape index (κ1) is 9.68. The number of hydrogen-bond donors (Lipinski definition) is 1. The van der Waals surface area contributed by atoms with Crippen LogP contribution in [-0.4, -0.2) is 9.78 Å². The zero-order chi connectivity index (χ0) is 10.3. The van der Waals surface area contributed by atoms with Gasteiger partial charge in [-0.1, -0.05) is 13.8 Å². The number of hydrogen-bond acceptors (Lipinski definition) is 3. The highest BCUT2D eigenvalue weighted by molar-refractivity contribution is 7.18. The third-order valence-corrected chi connectivity index (χ3v) is 3.56. The smallest absolute Gasteiger partial charge is 0.121 e. The van der Waals surface area contributed by atoms with Crippen LogP contribution >= 0.6 is 11.3 Å². The molecule has 0 amide bonds. The molecule has 0 aliphatic carbocycles.